The number of fused-ring (bicyclic) bond motifs is 5. The van der Waals surface area contributed by atoms with Gasteiger partial charge in [0.1, 0.15) is 11.2 Å². The number of benzene rings is 9. The van der Waals surface area contributed by atoms with Crippen molar-refractivity contribution in [3.63, 3.8) is 0 Å². The van der Waals surface area contributed by atoms with Gasteiger partial charge in [-0.05, 0) is 70.1 Å². The van der Waals surface area contributed by atoms with Crippen molar-refractivity contribution >= 4 is 32.7 Å². The first-order valence-electron chi connectivity index (χ1n) is 21.6. The Bertz CT molecular complexity index is 3720. The molecule has 0 aliphatic carbocycles. The van der Waals surface area contributed by atoms with E-state index in [0.717, 1.165) is 99.7 Å². The smallest absolute Gasteiger partial charge is 0.164 e. The highest BCUT2D eigenvalue weighted by Gasteiger charge is 2.17. The quantitative estimate of drug-likeness (QED) is 0.152. The lowest BCUT2D eigenvalue weighted by molar-refractivity contribution is 0.673. The summed E-state index contributed by atoms with van der Waals surface area (Å²) < 4.78 is 6.56. The molecule has 3 aromatic heterocycles. The van der Waals surface area contributed by atoms with Crippen molar-refractivity contribution in [1.82, 2.24) is 24.9 Å². The molecule has 0 atom stereocenters. The van der Waals surface area contributed by atoms with Crippen LogP contribution < -0.4 is 0 Å². The van der Waals surface area contributed by atoms with E-state index in [0.29, 0.717) is 23.3 Å². The average molecular weight is 832 g/mol. The number of aromatic nitrogens is 5. The van der Waals surface area contributed by atoms with Crippen molar-refractivity contribution in [1.29, 1.82) is 0 Å². The molecule has 65 heavy (non-hydrogen) atoms. The Morgan fingerprint density at radius 3 is 1.35 bits per heavy atom. The van der Waals surface area contributed by atoms with Gasteiger partial charge in [-0.25, -0.2) is 24.9 Å². The van der Waals surface area contributed by atoms with Crippen LogP contribution in [0.2, 0.25) is 0 Å². The van der Waals surface area contributed by atoms with Gasteiger partial charge in [0.2, 0.25) is 0 Å². The van der Waals surface area contributed by atoms with Crippen LogP contribution in [0.25, 0.3) is 123 Å². The van der Waals surface area contributed by atoms with Gasteiger partial charge in [0.15, 0.2) is 23.3 Å². The summed E-state index contributed by atoms with van der Waals surface area (Å²) in [5.41, 5.74) is 13.3. The fourth-order valence-electron chi connectivity index (χ4n) is 8.64. The Labute approximate surface area is 375 Å². The summed E-state index contributed by atoms with van der Waals surface area (Å²) in [6.07, 6.45) is 0. The summed E-state index contributed by atoms with van der Waals surface area (Å²) in [5, 5.41) is 4.36. The SMILES string of the molecule is c1ccc(-c2cccc(-c3nc(-c4ccccc4)cc(-c4cccc(-c5cccc(-c6nc(-c7ccccc7)nc(-c7ccc8c(c7)oc7c9ccccc9ccc87)n6)c5)c4)n3)c2)cc1. The lowest BCUT2D eigenvalue weighted by atomic mass is 9.98. The zero-order valence-electron chi connectivity index (χ0n) is 35.0. The molecule has 12 aromatic rings. The molecule has 6 nitrogen and oxygen atoms in total. The van der Waals surface area contributed by atoms with Gasteiger partial charge in [-0.15, -0.1) is 0 Å². The van der Waals surface area contributed by atoms with E-state index in [4.69, 9.17) is 29.3 Å². The standard InChI is InChI=1S/C59H37N5O/c1-4-15-38(16-5-1)42-22-13-26-46(34-42)57-60-52(40-18-6-2-7-19-40)37-53(61-57)45-25-12-23-43(33-45)44-24-14-27-47(35-44)58-62-56(41-20-8-3-9-21-41)63-59(64-58)48-30-31-50-51-32-29-39-17-10-11-28-49(39)55(51)65-54(50)36-48/h1-37H. The molecule has 0 aliphatic heterocycles. The van der Waals surface area contributed by atoms with Crippen LogP contribution in [0.15, 0.2) is 229 Å². The number of furan rings is 1. The summed E-state index contributed by atoms with van der Waals surface area (Å²) in [7, 11) is 0. The molecule has 0 N–H and O–H groups in total. The molecule has 0 fully saturated rings. The van der Waals surface area contributed by atoms with Crippen LogP contribution >= 0.6 is 0 Å². The molecule has 0 amide bonds. The van der Waals surface area contributed by atoms with Gasteiger partial charge in [0.25, 0.3) is 0 Å². The van der Waals surface area contributed by atoms with E-state index in [1.54, 1.807) is 0 Å². The topological polar surface area (TPSA) is 77.6 Å². The minimum Gasteiger partial charge on any atom is -0.455 e. The number of nitrogens with zero attached hydrogens (tertiary/aromatic N) is 5. The molecular formula is C59H37N5O. The first kappa shape index (κ1) is 37.9. The summed E-state index contributed by atoms with van der Waals surface area (Å²) in [6.45, 7) is 0. The lowest BCUT2D eigenvalue weighted by Gasteiger charge is -2.12. The summed E-state index contributed by atoms with van der Waals surface area (Å²) in [5.74, 6) is 2.40. The van der Waals surface area contributed by atoms with Gasteiger partial charge in [-0.3, -0.25) is 0 Å². The minimum absolute atomic E-state index is 0.566. The predicted molar refractivity (Wildman–Crippen MR) is 264 cm³/mol. The zero-order valence-corrected chi connectivity index (χ0v) is 35.0. The minimum atomic E-state index is 0.566. The van der Waals surface area contributed by atoms with Crippen molar-refractivity contribution in [2.24, 2.45) is 0 Å². The van der Waals surface area contributed by atoms with Gasteiger partial charge < -0.3 is 4.42 Å². The largest absolute Gasteiger partial charge is 0.455 e. The van der Waals surface area contributed by atoms with E-state index in [2.05, 4.69) is 158 Å². The summed E-state index contributed by atoms with van der Waals surface area (Å²) in [4.78, 5) is 25.6. The second kappa shape index (κ2) is 16.1. The van der Waals surface area contributed by atoms with Crippen LogP contribution in [0, 0.1) is 0 Å². The van der Waals surface area contributed by atoms with Crippen molar-refractivity contribution < 1.29 is 4.42 Å². The Hall–Kier alpha value is -8.87. The van der Waals surface area contributed by atoms with E-state index >= 15 is 0 Å². The van der Waals surface area contributed by atoms with Crippen molar-refractivity contribution in [3.8, 4) is 90.3 Å². The third-order valence-corrected chi connectivity index (χ3v) is 11.9. The maximum absolute atomic E-state index is 6.56. The van der Waals surface area contributed by atoms with Gasteiger partial charge in [-0.1, -0.05) is 182 Å². The average Bonchev–Trinajstić information content (AvgIpc) is 3.78. The molecule has 304 valence electrons. The lowest BCUT2D eigenvalue weighted by Crippen LogP contribution is -2.00. The van der Waals surface area contributed by atoms with Gasteiger partial charge in [0.05, 0.1) is 11.4 Å². The Morgan fingerprint density at radius 1 is 0.246 bits per heavy atom. The Morgan fingerprint density at radius 2 is 0.692 bits per heavy atom. The van der Waals surface area contributed by atoms with Crippen LogP contribution in [-0.2, 0) is 0 Å². The highest BCUT2D eigenvalue weighted by atomic mass is 16.3. The molecule has 0 aliphatic rings. The fourth-order valence-corrected chi connectivity index (χ4v) is 8.64. The molecule has 0 radical (unpaired) electrons. The molecule has 12 rings (SSSR count). The van der Waals surface area contributed by atoms with Gasteiger partial charge in [0, 0.05) is 49.5 Å². The van der Waals surface area contributed by atoms with E-state index in [1.807, 2.05) is 66.7 Å². The van der Waals surface area contributed by atoms with Crippen LogP contribution in [0.5, 0.6) is 0 Å². The third-order valence-electron chi connectivity index (χ3n) is 11.9. The van der Waals surface area contributed by atoms with Crippen molar-refractivity contribution in [3.05, 3.63) is 224 Å². The molecule has 0 bridgehead atoms. The highest BCUT2D eigenvalue weighted by Crippen LogP contribution is 2.37. The number of rotatable bonds is 8. The monoisotopic (exact) mass is 831 g/mol. The number of hydrogen-bond acceptors (Lipinski definition) is 6. The Kier molecular flexibility index (Phi) is 9.38. The van der Waals surface area contributed by atoms with E-state index in [-0.39, 0.29) is 0 Å². The first-order valence-corrected chi connectivity index (χ1v) is 21.6. The molecular weight excluding hydrogens is 795 g/mol. The maximum Gasteiger partial charge on any atom is 0.164 e. The van der Waals surface area contributed by atoms with Crippen molar-refractivity contribution in [2.75, 3.05) is 0 Å². The highest BCUT2D eigenvalue weighted by molar-refractivity contribution is 6.15. The Balaban J connectivity index is 0.937. The van der Waals surface area contributed by atoms with E-state index in [1.165, 1.54) is 0 Å². The van der Waals surface area contributed by atoms with Crippen molar-refractivity contribution in [2.45, 2.75) is 0 Å². The van der Waals surface area contributed by atoms with Crippen LogP contribution in [0.4, 0.5) is 0 Å². The molecule has 9 aromatic carbocycles. The second-order valence-corrected chi connectivity index (χ2v) is 16.1. The first-order chi connectivity index (χ1) is 32.2. The van der Waals surface area contributed by atoms with Gasteiger partial charge in [-0.2, -0.15) is 0 Å². The van der Waals surface area contributed by atoms with Crippen LogP contribution in [-0.4, -0.2) is 24.9 Å². The fraction of sp³-hybridized carbons (Fsp3) is 0. The van der Waals surface area contributed by atoms with E-state index < -0.39 is 0 Å². The molecule has 6 heteroatoms. The molecule has 0 saturated carbocycles. The zero-order chi connectivity index (χ0) is 43.1. The number of hydrogen-bond donors (Lipinski definition) is 0. The molecule has 0 spiro atoms. The maximum atomic E-state index is 6.56. The summed E-state index contributed by atoms with van der Waals surface area (Å²) in [6, 6.07) is 77.0. The normalized spacial score (nSPS) is 11.4. The van der Waals surface area contributed by atoms with E-state index in [9.17, 15) is 0 Å². The predicted octanol–water partition coefficient (Wildman–Crippen LogP) is 15.1. The third kappa shape index (κ3) is 7.29. The summed E-state index contributed by atoms with van der Waals surface area (Å²) >= 11 is 0. The van der Waals surface area contributed by atoms with Gasteiger partial charge >= 0.3 is 0 Å². The molecule has 0 saturated heterocycles. The van der Waals surface area contributed by atoms with Crippen LogP contribution in [0.1, 0.15) is 0 Å². The second-order valence-electron chi connectivity index (χ2n) is 16.1. The molecule has 3 heterocycles. The van der Waals surface area contributed by atoms with Crippen LogP contribution in [0.3, 0.4) is 0 Å². The molecule has 0 unspecified atom stereocenters.